The molecular weight excluding hydrogens is 216 g/mol. The lowest BCUT2D eigenvalue weighted by Crippen LogP contribution is -2.45. The summed E-state index contributed by atoms with van der Waals surface area (Å²) in [5, 5.41) is 15.5. The summed E-state index contributed by atoms with van der Waals surface area (Å²) < 4.78 is 0. The highest BCUT2D eigenvalue weighted by molar-refractivity contribution is 5.82. The predicted molar refractivity (Wildman–Crippen MR) is 66.5 cm³/mol. The van der Waals surface area contributed by atoms with Crippen molar-refractivity contribution in [1.29, 1.82) is 0 Å². The van der Waals surface area contributed by atoms with Crippen molar-refractivity contribution in [3.8, 4) is 0 Å². The average Bonchev–Trinajstić information content (AvgIpc) is 2.94. The second-order valence-corrected chi connectivity index (χ2v) is 5.58. The van der Waals surface area contributed by atoms with Gasteiger partial charge in [-0.25, -0.2) is 0 Å². The van der Waals surface area contributed by atoms with E-state index in [0.29, 0.717) is 17.8 Å². The molecule has 0 aromatic carbocycles. The molecule has 2 rings (SSSR count). The monoisotopic (exact) mass is 240 g/mol. The zero-order valence-electron chi connectivity index (χ0n) is 10.6. The van der Waals surface area contributed by atoms with Crippen LogP contribution >= 0.6 is 0 Å². The van der Waals surface area contributed by atoms with E-state index in [0.717, 1.165) is 32.4 Å². The zero-order valence-corrected chi connectivity index (χ0v) is 10.6. The van der Waals surface area contributed by atoms with Gasteiger partial charge in [0.25, 0.3) is 0 Å². The molecule has 98 valence electrons. The van der Waals surface area contributed by atoms with Crippen molar-refractivity contribution in [3.05, 3.63) is 0 Å². The molecule has 17 heavy (non-hydrogen) atoms. The van der Waals surface area contributed by atoms with Crippen LogP contribution in [0.15, 0.2) is 0 Å². The third kappa shape index (κ3) is 2.99. The number of hydrogen-bond acceptors (Lipinski definition) is 3. The molecule has 4 heteroatoms. The van der Waals surface area contributed by atoms with E-state index < -0.39 is 0 Å². The quantitative estimate of drug-likeness (QED) is 0.671. The van der Waals surface area contributed by atoms with E-state index >= 15 is 0 Å². The highest BCUT2D eigenvalue weighted by Crippen LogP contribution is 2.30. The van der Waals surface area contributed by atoms with Crippen LogP contribution < -0.4 is 10.6 Å². The Morgan fingerprint density at radius 1 is 1.35 bits per heavy atom. The minimum Gasteiger partial charge on any atom is -0.396 e. The van der Waals surface area contributed by atoms with E-state index in [1.165, 1.54) is 6.42 Å². The largest absolute Gasteiger partial charge is 0.396 e. The van der Waals surface area contributed by atoms with Crippen LogP contribution in [0.4, 0.5) is 0 Å². The van der Waals surface area contributed by atoms with Gasteiger partial charge in [-0.15, -0.1) is 0 Å². The number of hydrogen-bond donors (Lipinski definition) is 3. The molecule has 0 radical (unpaired) electrons. The van der Waals surface area contributed by atoms with E-state index in [9.17, 15) is 9.90 Å². The lowest BCUT2D eigenvalue weighted by molar-refractivity contribution is -0.123. The molecule has 4 unspecified atom stereocenters. The molecule has 1 saturated carbocycles. The molecule has 0 spiro atoms. The molecule has 1 aliphatic heterocycles. The minimum atomic E-state index is -0.0102. The molecule has 1 heterocycles. The Kier molecular flexibility index (Phi) is 4.40. The Morgan fingerprint density at radius 3 is 2.76 bits per heavy atom. The first-order valence-corrected chi connectivity index (χ1v) is 6.84. The fourth-order valence-electron chi connectivity index (χ4n) is 3.15. The van der Waals surface area contributed by atoms with Gasteiger partial charge in [0.15, 0.2) is 0 Å². The molecule has 3 N–H and O–H groups in total. The molecule has 2 aliphatic rings. The lowest BCUT2D eigenvalue weighted by Gasteiger charge is -2.20. The maximum atomic E-state index is 12.0. The summed E-state index contributed by atoms with van der Waals surface area (Å²) in [6.45, 7) is 4.06. The van der Waals surface area contributed by atoms with Crippen molar-refractivity contribution in [2.24, 2.45) is 17.8 Å². The van der Waals surface area contributed by atoms with Crippen LogP contribution in [0.2, 0.25) is 0 Å². The topological polar surface area (TPSA) is 61.4 Å². The van der Waals surface area contributed by atoms with Gasteiger partial charge < -0.3 is 15.7 Å². The Bertz CT molecular complexity index is 270. The number of carbonyl (C=O) groups is 1. The summed E-state index contributed by atoms with van der Waals surface area (Å²) in [7, 11) is 0. The fourth-order valence-corrected chi connectivity index (χ4v) is 3.15. The first-order chi connectivity index (χ1) is 8.22. The SMILES string of the molecule is CC1CCNC1C(=O)NCC1CCCC1CO. The predicted octanol–water partition coefficient (Wildman–Crippen LogP) is 0.509. The average molecular weight is 240 g/mol. The number of amides is 1. The minimum absolute atomic E-state index is 0.0102. The van der Waals surface area contributed by atoms with Gasteiger partial charge in [0.2, 0.25) is 5.91 Å². The Hall–Kier alpha value is -0.610. The highest BCUT2D eigenvalue weighted by atomic mass is 16.3. The molecule has 0 aromatic rings. The van der Waals surface area contributed by atoms with Crippen LogP contribution in [0.5, 0.6) is 0 Å². The molecule has 1 aliphatic carbocycles. The van der Waals surface area contributed by atoms with Crippen LogP contribution in [-0.4, -0.2) is 36.8 Å². The van der Waals surface area contributed by atoms with Crippen molar-refractivity contribution in [3.63, 3.8) is 0 Å². The third-order valence-corrected chi connectivity index (χ3v) is 4.40. The number of aliphatic hydroxyl groups excluding tert-OH is 1. The maximum absolute atomic E-state index is 12.0. The van der Waals surface area contributed by atoms with E-state index in [1.54, 1.807) is 0 Å². The van der Waals surface area contributed by atoms with Crippen molar-refractivity contribution in [2.45, 2.75) is 38.6 Å². The molecule has 2 fully saturated rings. The molecule has 4 nitrogen and oxygen atoms in total. The maximum Gasteiger partial charge on any atom is 0.237 e. The Balaban J connectivity index is 1.76. The molecule has 4 atom stereocenters. The van der Waals surface area contributed by atoms with Gasteiger partial charge in [-0.2, -0.15) is 0 Å². The van der Waals surface area contributed by atoms with Gasteiger partial charge in [-0.3, -0.25) is 4.79 Å². The fraction of sp³-hybridized carbons (Fsp3) is 0.923. The summed E-state index contributed by atoms with van der Waals surface area (Å²) >= 11 is 0. The summed E-state index contributed by atoms with van der Waals surface area (Å²) in [6.07, 6.45) is 4.51. The first kappa shape index (κ1) is 12.8. The summed E-state index contributed by atoms with van der Waals surface area (Å²) in [4.78, 5) is 12.0. The van der Waals surface area contributed by atoms with E-state index in [-0.39, 0.29) is 18.6 Å². The number of carbonyl (C=O) groups excluding carboxylic acids is 1. The third-order valence-electron chi connectivity index (χ3n) is 4.40. The second-order valence-electron chi connectivity index (χ2n) is 5.58. The Labute approximate surface area is 103 Å². The van der Waals surface area contributed by atoms with E-state index in [1.807, 2.05) is 0 Å². The van der Waals surface area contributed by atoms with Gasteiger partial charge in [0.05, 0.1) is 6.04 Å². The number of rotatable bonds is 4. The molecule has 1 amide bonds. The van der Waals surface area contributed by atoms with Crippen LogP contribution in [0.25, 0.3) is 0 Å². The van der Waals surface area contributed by atoms with Crippen molar-refractivity contribution < 1.29 is 9.90 Å². The summed E-state index contributed by atoms with van der Waals surface area (Å²) in [5.41, 5.74) is 0. The molecule has 1 saturated heterocycles. The smallest absolute Gasteiger partial charge is 0.237 e. The van der Waals surface area contributed by atoms with Crippen molar-refractivity contribution in [1.82, 2.24) is 10.6 Å². The van der Waals surface area contributed by atoms with Crippen molar-refractivity contribution >= 4 is 5.91 Å². The van der Waals surface area contributed by atoms with Gasteiger partial charge in [-0.1, -0.05) is 13.3 Å². The molecule has 0 bridgehead atoms. The second kappa shape index (κ2) is 5.83. The summed E-state index contributed by atoms with van der Waals surface area (Å²) in [6, 6.07) is -0.0102. The van der Waals surface area contributed by atoms with Crippen LogP contribution in [0.3, 0.4) is 0 Å². The molecular formula is C13H24N2O2. The Morgan fingerprint density at radius 2 is 2.12 bits per heavy atom. The van der Waals surface area contributed by atoms with Crippen LogP contribution in [-0.2, 0) is 4.79 Å². The van der Waals surface area contributed by atoms with Gasteiger partial charge in [0.1, 0.15) is 0 Å². The van der Waals surface area contributed by atoms with E-state index in [4.69, 9.17) is 0 Å². The zero-order chi connectivity index (χ0) is 12.3. The van der Waals surface area contributed by atoms with Crippen LogP contribution in [0.1, 0.15) is 32.6 Å². The normalized spacial score (nSPS) is 37.3. The van der Waals surface area contributed by atoms with E-state index in [2.05, 4.69) is 17.6 Å². The standard InChI is InChI=1S/C13H24N2O2/c1-9-5-6-14-12(9)13(17)15-7-10-3-2-4-11(10)8-16/h9-12,14,16H,2-8H2,1H3,(H,15,17). The molecule has 0 aromatic heterocycles. The summed E-state index contributed by atoms with van der Waals surface area (Å²) in [5.74, 6) is 1.44. The first-order valence-electron chi connectivity index (χ1n) is 6.84. The van der Waals surface area contributed by atoms with Gasteiger partial charge in [-0.05, 0) is 43.6 Å². The van der Waals surface area contributed by atoms with Gasteiger partial charge in [0, 0.05) is 13.2 Å². The number of aliphatic hydroxyl groups is 1. The highest BCUT2D eigenvalue weighted by Gasteiger charge is 2.31. The lowest BCUT2D eigenvalue weighted by atomic mass is 9.96. The van der Waals surface area contributed by atoms with Crippen LogP contribution in [0, 0.1) is 17.8 Å². The number of nitrogens with one attached hydrogen (secondary N) is 2. The van der Waals surface area contributed by atoms with Gasteiger partial charge >= 0.3 is 0 Å². The van der Waals surface area contributed by atoms with Crippen molar-refractivity contribution in [2.75, 3.05) is 19.7 Å².